The van der Waals surface area contributed by atoms with Gasteiger partial charge in [0.25, 0.3) is 11.5 Å². The average Bonchev–Trinajstić information content (AvgIpc) is 3.32. The van der Waals surface area contributed by atoms with Crippen LogP contribution in [0.1, 0.15) is 72.5 Å². The minimum atomic E-state index is -0.579. The van der Waals surface area contributed by atoms with Gasteiger partial charge in [-0.25, -0.2) is 14.5 Å². The van der Waals surface area contributed by atoms with E-state index in [1.54, 1.807) is 34.5 Å². The Kier molecular flexibility index (Phi) is 6.99. The number of fused-ring (bicyclic) bond motifs is 2. The highest BCUT2D eigenvalue weighted by molar-refractivity contribution is 6.01. The summed E-state index contributed by atoms with van der Waals surface area (Å²) in [6.45, 7) is 3.62. The van der Waals surface area contributed by atoms with Crippen molar-refractivity contribution < 1.29 is 4.79 Å². The van der Waals surface area contributed by atoms with Crippen molar-refractivity contribution in [2.45, 2.75) is 52.0 Å². The topological polar surface area (TPSA) is 94.2 Å². The van der Waals surface area contributed by atoms with E-state index in [0.717, 1.165) is 5.56 Å². The van der Waals surface area contributed by atoms with Crippen molar-refractivity contribution in [1.82, 2.24) is 29.5 Å². The van der Waals surface area contributed by atoms with E-state index in [0.29, 0.717) is 45.2 Å². The molecule has 40 heavy (non-hydrogen) atoms. The Morgan fingerprint density at radius 3 is 2.65 bits per heavy atom. The highest BCUT2D eigenvalue weighted by Gasteiger charge is 2.24. The van der Waals surface area contributed by atoms with Crippen LogP contribution in [-0.4, -0.2) is 30.1 Å². The predicted molar refractivity (Wildman–Crippen MR) is 157 cm³/mol. The van der Waals surface area contributed by atoms with Gasteiger partial charge in [-0.15, -0.1) is 0 Å². The smallest absolute Gasteiger partial charge is 0.266 e. The van der Waals surface area contributed by atoms with Gasteiger partial charge < -0.3 is 5.32 Å². The van der Waals surface area contributed by atoms with Crippen LogP contribution in [0, 0.1) is 12.8 Å². The molecule has 0 aliphatic heterocycles. The normalized spacial score (nSPS) is 15.2. The fourth-order valence-electron chi connectivity index (χ4n) is 5.69. The third-order valence-electron chi connectivity index (χ3n) is 7.70. The summed E-state index contributed by atoms with van der Waals surface area (Å²) in [5, 5.41) is 8.03. The molecule has 0 radical (unpaired) electrons. The molecule has 0 spiro atoms. The van der Waals surface area contributed by atoms with Crippen LogP contribution >= 0.6 is 0 Å². The van der Waals surface area contributed by atoms with Gasteiger partial charge in [0.15, 0.2) is 5.65 Å². The number of amides is 1. The number of carbonyl (C=O) groups is 1. The third kappa shape index (κ3) is 4.81. The summed E-state index contributed by atoms with van der Waals surface area (Å²) in [5.41, 5.74) is 3.45. The van der Waals surface area contributed by atoms with E-state index in [9.17, 15) is 9.59 Å². The molecular formula is C32H32N6O2. The lowest BCUT2D eigenvalue weighted by Gasteiger charge is -2.20. The first-order chi connectivity index (χ1) is 19.5. The Morgan fingerprint density at radius 1 is 1.05 bits per heavy atom. The molecule has 8 nitrogen and oxygen atoms in total. The fourth-order valence-corrected chi connectivity index (χ4v) is 5.69. The van der Waals surface area contributed by atoms with Gasteiger partial charge in [-0.1, -0.05) is 61.7 Å². The molecule has 2 aromatic carbocycles. The second kappa shape index (κ2) is 10.9. The van der Waals surface area contributed by atoms with Gasteiger partial charge in [0.05, 0.1) is 28.3 Å². The van der Waals surface area contributed by atoms with Crippen LogP contribution in [0.3, 0.4) is 0 Å². The lowest BCUT2D eigenvalue weighted by molar-refractivity contribution is 0.0938. The monoisotopic (exact) mass is 532 g/mol. The molecule has 1 aliphatic rings. The molecule has 202 valence electrons. The van der Waals surface area contributed by atoms with Crippen molar-refractivity contribution in [3.63, 3.8) is 0 Å². The van der Waals surface area contributed by atoms with Crippen molar-refractivity contribution in [2.24, 2.45) is 5.92 Å². The first-order valence-corrected chi connectivity index (χ1v) is 13.9. The summed E-state index contributed by atoms with van der Waals surface area (Å²) in [6, 6.07) is 16.4. The largest absolute Gasteiger partial charge is 0.342 e. The van der Waals surface area contributed by atoms with E-state index in [2.05, 4.69) is 27.6 Å². The molecule has 8 heteroatoms. The lowest BCUT2D eigenvalue weighted by atomic mass is 9.88. The van der Waals surface area contributed by atoms with E-state index in [-0.39, 0.29) is 11.5 Å². The maximum absolute atomic E-state index is 14.2. The maximum atomic E-state index is 14.2. The molecule has 0 unspecified atom stereocenters. The van der Waals surface area contributed by atoms with Gasteiger partial charge in [0.2, 0.25) is 0 Å². The number of carbonyl (C=O) groups excluding carboxylic acids is 1. The molecule has 1 fully saturated rings. The molecular weight excluding hydrogens is 500 g/mol. The highest BCUT2D eigenvalue weighted by atomic mass is 16.2. The molecule has 0 saturated heterocycles. The zero-order chi connectivity index (χ0) is 27.6. The van der Waals surface area contributed by atoms with Crippen LogP contribution in [-0.2, 0) is 0 Å². The molecule has 1 amide bonds. The van der Waals surface area contributed by atoms with Crippen LogP contribution in [0.2, 0.25) is 0 Å². The number of hydrogen-bond acceptors (Lipinski definition) is 5. The summed E-state index contributed by atoms with van der Waals surface area (Å²) in [4.78, 5) is 37.0. The maximum Gasteiger partial charge on any atom is 0.266 e. The summed E-state index contributed by atoms with van der Waals surface area (Å²) in [6.07, 6.45) is 13.9. The standard InChI is InChI=1S/C32H32N6O2/c1-21-27(30-33-19-10-20-37(30)36-21)31(39)34-22(2)29-35-26-16-9-13-24(18-17-23-11-5-3-6-12-23)28(26)32(40)38(29)25-14-7-4-8-15-25/h4,7-10,13-20,22-23H,3,5-6,11-12H2,1-2H3,(H,34,39)/b18-17+/t22-/m0/s1. The van der Waals surface area contributed by atoms with Crippen molar-refractivity contribution >= 4 is 28.5 Å². The van der Waals surface area contributed by atoms with E-state index < -0.39 is 6.04 Å². The minimum Gasteiger partial charge on any atom is -0.342 e. The number of para-hydroxylation sites is 1. The van der Waals surface area contributed by atoms with E-state index in [1.807, 2.05) is 55.5 Å². The van der Waals surface area contributed by atoms with E-state index in [1.165, 1.54) is 32.1 Å². The molecule has 1 N–H and O–H groups in total. The lowest BCUT2D eigenvalue weighted by Crippen LogP contribution is -2.33. The molecule has 3 heterocycles. The third-order valence-corrected chi connectivity index (χ3v) is 7.70. The van der Waals surface area contributed by atoms with Gasteiger partial charge in [-0.3, -0.25) is 14.2 Å². The summed E-state index contributed by atoms with van der Waals surface area (Å²) >= 11 is 0. The molecule has 1 atom stereocenters. The van der Waals surface area contributed by atoms with Gasteiger partial charge in [-0.05, 0) is 62.4 Å². The second-order valence-electron chi connectivity index (χ2n) is 10.5. The van der Waals surface area contributed by atoms with Crippen molar-refractivity contribution in [1.29, 1.82) is 0 Å². The molecule has 3 aromatic heterocycles. The number of hydrogen-bond donors (Lipinski definition) is 1. The number of aryl methyl sites for hydroxylation is 1. The number of nitrogens with zero attached hydrogens (tertiary/aromatic N) is 5. The Labute approximate surface area is 232 Å². The van der Waals surface area contributed by atoms with Gasteiger partial charge in [-0.2, -0.15) is 5.10 Å². The van der Waals surface area contributed by atoms with Crippen LogP contribution in [0.4, 0.5) is 0 Å². The van der Waals surface area contributed by atoms with Crippen LogP contribution in [0.25, 0.3) is 28.3 Å². The van der Waals surface area contributed by atoms with Crippen LogP contribution < -0.4 is 10.9 Å². The van der Waals surface area contributed by atoms with Crippen molar-refractivity contribution in [3.8, 4) is 5.69 Å². The first-order valence-electron chi connectivity index (χ1n) is 13.9. The first kappa shape index (κ1) is 25.7. The van der Waals surface area contributed by atoms with Crippen LogP contribution in [0.5, 0.6) is 0 Å². The summed E-state index contributed by atoms with van der Waals surface area (Å²) in [5.74, 6) is 0.671. The number of rotatable bonds is 6. The summed E-state index contributed by atoms with van der Waals surface area (Å²) < 4.78 is 3.21. The fraction of sp³-hybridized carbons (Fsp3) is 0.281. The number of allylic oxidation sites excluding steroid dienone is 1. The molecule has 1 saturated carbocycles. The zero-order valence-electron chi connectivity index (χ0n) is 22.7. The Hall–Kier alpha value is -4.59. The zero-order valence-corrected chi connectivity index (χ0v) is 22.7. The highest BCUT2D eigenvalue weighted by Crippen LogP contribution is 2.27. The minimum absolute atomic E-state index is 0.162. The van der Waals surface area contributed by atoms with E-state index in [4.69, 9.17) is 4.98 Å². The number of nitrogens with one attached hydrogen (secondary N) is 1. The molecule has 6 rings (SSSR count). The number of aromatic nitrogens is 5. The summed E-state index contributed by atoms with van der Waals surface area (Å²) in [7, 11) is 0. The van der Waals surface area contributed by atoms with Crippen molar-refractivity contribution in [2.75, 3.05) is 0 Å². The van der Waals surface area contributed by atoms with Gasteiger partial charge >= 0.3 is 0 Å². The second-order valence-corrected chi connectivity index (χ2v) is 10.5. The molecule has 5 aromatic rings. The van der Waals surface area contributed by atoms with Gasteiger partial charge in [0, 0.05) is 12.4 Å². The Bertz CT molecular complexity index is 1780. The van der Waals surface area contributed by atoms with Gasteiger partial charge in [0.1, 0.15) is 11.4 Å². The van der Waals surface area contributed by atoms with E-state index >= 15 is 0 Å². The Balaban J connectivity index is 1.44. The predicted octanol–water partition coefficient (Wildman–Crippen LogP) is 5.82. The molecule has 1 aliphatic carbocycles. The Morgan fingerprint density at radius 2 is 1.85 bits per heavy atom. The SMILES string of the molecule is Cc1nn2cccnc2c1C(=O)N[C@@H](C)c1nc2cccc(/C=C/C3CCCCC3)c2c(=O)n1-c1ccccc1. The molecule has 0 bridgehead atoms. The average molecular weight is 533 g/mol. The van der Waals surface area contributed by atoms with Crippen LogP contribution in [0.15, 0.2) is 77.9 Å². The van der Waals surface area contributed by atoms with Crippen molar-refractivity contribution in [3.05, 3.63) is 106 Å². The quantitative estimate of drug-likeness (QED) is 0.297. The number of benzene rings is 2.